The van der Waals surface area contributed by atoms with Crippen LogP contribution in [-0.4, -0.2) is 43.3 Å². The summed E-state index contributed by atoms with van der Waals surface area (Å²) in [5.74, 6) is 0.565. The number of nitrogens with zero attached hydrogens (tertiary/aromatic N) is 2. The second-order valence-electron chi connectivity index (χ2n) is 7.84. The van der Waals surface area contributed by atoms with Gasteiger partial charge in [0.25, 0.3) is 0 Å². The lowest BCUT2D eigenvalue weighted by atomic mass is 10.1. The number of ether oxygens (including phenoxy) is 2. The maximum Gasteiger partial charge on any atom is 0.139 e. The Hall–Kier alpha value is -2.35. The third-order valence-corrected chi connectivity index (χ3v) is 7.41. The molecule has 0 aliphatic carbocycles. The largest absolute Gasteiger partial charge is 0.495 e. The number of methoxy groups -OCH3 is 1. The number of halogens is 2. The van der Waals surface area contributed by atoms with Gasteiger partial charge in [-0.25, -0.2) is 0 Å². The number of thiophene rings is 1. The summed E-state index contributed by atoms with van der Waals surface area (Å²) in [5, 5.41) is 5.41. The van der Waals surface area contributed by atoms with Crippen molar-refractivity contribution >= 4 is 56.8 Å². The quantitative estimate of drug-likeness (QED) is 0.314. The molecule has 0 atom stereocenters. The van der Waals surface area contributed by atoms with Gasteiger partial charge >= 0.3 is 0 Å². The molecular weight excluding hydrogens is 477 g/mol. The molecule has 1 aliphatic rings. The van der Waals surface area contributed by atoms with E-state index in [0.717, 1.165) is 60.7 Å². The van der Waals surface area contributed by atoms with Crippen molar-refractivity contribution in [3.05, 3.63) is 69.7 Å². The van der Waals surface area contributed by atoms with Crippen LogP contribution < -0.4 is 10.1 Å². The summed E-state index contributed by atoms with van der Waals surface area (Å²) in [6.45, 7) is 4.59. The first-order valence-corrected chi connectivity index (χ1v) is 12.3. The maximum absolute atomic E-state index is 6.41. The molecule has 8 heteroatoms. The van der Waals surface area contributed by atoms with E-state index >= 15 is 0 Å². The standard InChI is InChI=1S/C25H23Cl2N3O2S/c1-31-24-14-23(19(26)13-20(24)27)29-21-6-7-28-22-12-16(2-4-18(21)22)25-5-3-17(33-25)15-30-8-10-32-11-9-30/h2-7,12-14H,8-11,15H2,1H3,(H,28,29). The van der Waals surface area contributed by atoms with Crippen LogP contribution in [0.1, 0.15) is 4.88 Å². The number of nitrogens with one attached hydrogen (secondary N) is 1. The SMILES string of the molecule is COc1cc(Nc2ccnc3cc(-c4ccc(CN5CCOCC5)s4)ccc23)c(Cl)cc1Cl. The Morgan fingerprint density at radius 2 is 1.88 bits per heavy atom. The van der Waals surface area contributed by atoms with Gasteiger partial charge in [0.15, 0.2) is 0 Å². The first-order valence-electron chi connectivity index (χ1n) is 10.7. The molecule has 3 heterocycles. The molecule has 1 aliphatic heterocycles. The third kappa shape index (κ3) is 4.95. The first-order chi connectivity index (χ1) is 16.1. The summed E-state index contributed by atoms with van der Waals surface area (Å²) >= 11 is 14.4. The first kappa shape index (κ1) is 22.4. The van der Waals surface area contributed by atoms with E-state index in [1.807, 2.05) is 17.4 Å². The van der Waals surface area contributed by atoms with Gasteiger partial charge in [-0.2, -0.15) is 0 Å². The molecule has 2 aromatic carbocycles. The Labute approximate surface area is 206 Å². The summed E-state index contributed by atoms with van der Waals surface area (Å²) in [4.78, 5) is 9.65. The van der Waals surface area contributed by atoms with E-state index in [9.17, 15) is 0 Å². The average Bonchev–Trinajstić information content (AvgIpc) is 3.30. The van der Waals surface area contributed by atoms with Gasteiger partial charge in [-0.15, -0.1) is 11.3 Å². The maximum atomic E-state index is 6.41. The van der Waals surface area contributed by atoms with Crippen LogP contribution in [-0.2, 0) is 11.3 Å². The minimum absolute atomic E-state index is 0.473. The van der Waals surface area contributed by atoms with Gasteiger partial charge in [-0.05, 0) is 35.9 Å². The van der Waals surface area contributed by atoms with Crippen molar-refractivity contribution < 1.29 is 9.47 Å². The number of anilines is 2. The lowest BCUT2D eigenvalue weighted by Gasteiger charge is -2.25. The molecule has 2 aromatic heterocycles. The van der Waals surface area contributed by atoms with E-state index in [0.29, 0.717) is 15.8 Å². The molecule has 170 valence electrons. The van der Waals surface area contributed by atoms with Crippen molar-refractivity contribution in [3.8, 4) is 16.2 Å². The summed E-state index contributed by atoms with van der Waals surface area (Å²) < 4.78 is 10.8. The second-order valence-corrected chi connectivity index (χ2v) is 9.82. The highest BCUT2D eigenvalue weighted by Crippen LogP contribution is 2.37. The summed E-state index contributed by atoms with van der Waals surface area (Å²) in [5.41, 5.74) is 3.71. The molecular formula is C25H23Cl2N3O2S. The molecule has 5 rings (SSSR count). The van der Waals surface area contributed by atoms with Gasteiger partial charge in [0, 0.05) is 52.7 Å². The molecule has 0 radical (unpaired) electrons. The Kier molecular flexibility index (Phi) is 6.71. The zero-order chi connectivity index (χ0) is 22.8. The molecule has 0 saturated carbocycles. The van der Waals surface area contributed by atoms with Crippen molar-refractivity contribution in [1.29, 1.82) is 0 Å². The fourth-order valence-electron chi connectivity index (χ4n) is 3.93. The van der Waals surface area contributed by atoms with Crippen molar-refractivity contribution in [2.75, 3.05) is 38.7 Å². The molecule has 0 bridgehead atoms. The van der Waals surface area contributed by atoms with Gasteiger partial charge in [0.1, 0.15) is 5.75 Å². The van der Waals surface area contributed by atoms with Crippen molar-refractivity contribution in [2.45, 2.75) is 6.54 Å². The molecule has 1 fully saturated rings. The molecule has 4 aromatic rings. The number of rotatable bonds is 6. The van der Waals surface area contributed by atoms with E-state index in [2.05, 4.69) is 45.5 Å². The van der Waals surface area contributed by atoms with Crippen molar-refractivity contribution in [3.63, 3.8) is 0 Å². The molecule has 0 unspecified atom stereocenters. The van der Waals surface area contributed by atoms with Gasteiger partial charge in [0.05, 0.1) is 41.6 Å². The molecule has 0 amide bonds. The molecule has 0 spiro atoms. The van der Waals surface area contributed by atoms with E-state index in [-0.39, 0.29) is 0 Å². The van der Waals surface area contributed by atoms with Gasteiger partial charge < -0.3 is 14.8 Å². The Bertz CT molecular complexity index is 1290. The highest BCUT2D eigenvalue weighted by molar-refractivity contribution is 7.15. The Balaban J connectivity index is 1.40. The van der Waals surface area contributed by atoms with Crippen LogP contribution in [0, 0.1) is 0 Å². The van der Waals surface area contributed by atoms with E-state index in [4.69, 9.17) is 32.7 Å². The van der Waals surface area contributed by atoms with Crippen LogP contribution in [0.4, 0.5) is 11.4 Å². The number of aromatic nitrogens is 1. The van der Waals surface area contributed by atoms with Crippen LogP contribution in [0.15, 0.2) is 54.7 Å². The summed E-state index contributed by atoms with van der Waals surface area (Å²) in [6, 6.07) is 16.2. The Morgan fingerprint density at radius 3 is 2.70 bits per heavy atom. The molecule has 1 N–H and O–H groups in total. The number of morpholine rings is 1. The van der Waals surface area contributed by atoms with Crippen LogP contribution in [0.5, 0.6) is 5.75 Å². The van der Waals surface area contributed by atoms with E-state index < -0.39 is 0 Å². The summed E-state index contributed by atoms with van der Waals surface area (Å²) in [7, 11) is 1.58. The zero-order valence-electron chi connectivity index (χ0n) is 18.1. The lowest BCUT2D eigenvalue weighted by Crippen LogP contribution is -2.35. The fraction of sp³-hybridized carbons (Fsp3) is 0.240. The highest BCUT2D eigenvalue weighted by atomic mass is 35.5. The number of fused-ring (bicyclic) bond motifs is 1. The molecule has 5 nitrogen and oxygen atoms in total. The topological polar surface area (TPSA) is 46.6 Å². The average molecular weight is 500 g/mol. The predicted octanol–water partition coefficient (Wildman–Crippen LogP) is 6.85. The highest BCUT2D eigenvalue weighted by Gasteiger charge is 2.14. The van der Waals surface area contributed by atoms with E-state index in [1.165, 1.54) is 9.75 Å². The smallest absolute Gasteiger partial charge is 0.139 e. The minimum atomic E-state index is 0.473. The van der Waals surface area contributed by atoms with Crippen LogP contribution in [0.3, 0.4) is 0 Å². The second kappa shape index (κ2) is 9.87. The van der Waals surface area contributed by atoms with Crippen LogP contribution in [0.2, 0.25) is 10.0 Å². The Morgan fingerprint density at radius 1 is 1.03 bits per heavy atom. The lowest BCUT2D eigenvalue weighted by molar-refractivity contribution is 0.0346. The molecule has 33 heavy (non-hydrogen) atoms. The van der Waals surface area contributed by atoms with Gasteiger partial charge in [-0.1, -0.05) is 35.3 Å². The fourth-order valence-corrected chi connectivity index (χ4v) is 5.49. The van der Waals surface area contributed by atoms with Gasteiger partial charge in [-0.3, -0.25) is 9.88 Å². The number of hydrogen-bond acceptors (Lipinski definition) is 6. The monoisotopic (exact) mass is 499 g/mol. The van der Waals surface area contributed by atoms with Crippen molar-refractivity contribution in [2.24, 2.45) is 0 Å². The summed E-state index contributed by atoms with van der Waals surface area (Å²) in [6.07, 6.45) is 1.80. The van der Waals surface area contributed by atoms with Crippen molar-refractivity contribution in [1.82, 2.24) is 9.88 Å². The number of benzene rings is 2. The third-order valence-electron chi connectivity index (χ3n) is 5.68. The van der Waals surface area contributed by atoms with Gasteiger partial charge in [0.2, 0.25) is 0 Å². The molecule has 1 saturated heterocycles. The predicted molar refractivity (Wildman–Crippen MR) is 137 cm³/mol. The van der Waals surface area contributed by atoms with Crippen LogP contribution in [0.25, 0.3) is 21.3 Å². The number of hydrogen-bond donors (Lipinski definition) is 1. The number of pyridine rings is 1. The zero-order valence-corrected chi connectivity index (χ0v) is 20.4. The normalized spacial score (nSPS) is 14.5. The minimum Gasteiger partial charge on any atom is -0.495 e. The van der Waals surface area contributed by atoms with Crippen LogP contribution >= 0.6 is 34.5 Å². The van der Waals surface area contributed by atoms with E-state index in [1.54, 1.807) is 25.4 Å².